The van der Waals surface area contributed by atoms with Crippen molar-refractivity contribution in [3.8, 4) is 0 Å². The van der Waals surface area contributed by atoms with E-state index in [9.17, 15) is 4.79 Å². The van der Waals surface area contributed by atoms with Crippen molar-refractivity contribution in [1.29, 1.82) is 0 Å². The Bertz CT molecular complexity index is 1000. The van der Waals surface area contributed by atoms with Crippen LogP contribution in [-0.2, 0) is 4.79 Å². The maximum absolute atomic E-state index is 14.2. The molecule has 0 aliphatic rings. The molecule has 0 N–H and O–H groups in total. The lowest BCUT2D eigenvalue weighted by Crippen LogP contribution is -2.23. The Morgan fingerprint density at radius 2 is 0.767 bits per heavy atom. The highest BCUT2D eigenvalue weighted by Gasteiger charge is 2.31. The molecule has 0 bridgehead atoms. The van der Waals surface area contributed by atoms with Crippen molar-refractivity contribution >= 4 is 5.78 Å². The van der Waals surface area contributed by atoms with Crippen LogP contribution < -0.4 is 0 Å². The summed E-state index contributed by atoms with van der Waals surface area (Å²) < 4.78 is 0. The van der Waals surface area contributed by atoms with Crippen molar-refractivity contribution in [2.24, 2.45) is 0 Å². The number of hydrogen-bond acceptors (Lipinski definition) is 1. The third-order valence-electron chi connectivity index (χ3n) is 5.66. The van der Waals surface area contributed by atoms with Gasteiger partial charge in [0.2, 0.25) is 0 Å². The van der Waals surface area contributed by atoms with Crippen LogP contribution in [0.4, 0.5) is 0 Å². The van der Waals surface area contributed by atoms with Crippen molar-refractivity contribution in [2.45, 2.75) is 25.7 Å². The summed E-state index contributed by atoms with van der Waals surface area (Å²) in [5.41, 5.74) is 6.50. The molecule has 4 aromatic carbocycles. The smallest absolute Gasteiger partial charge is 0.156 e. The molecule has 2 atom stereocenters. The van der Waals surface area contributed by atoms with Crippen molar-refractivity contribution in [3.05, 3.63) is 143 Å². The second-order valence-electron chi connectivity index (χ2n) is 7.91. The van der Waals surface area contributed by atoms with Crippen molar-refractivity contribution in [2.75, 3.05) is 0 Å². The highest BCUT2D eigenvalue weighted by atomic mass is 16.1. The number of carbonyl (C=O) groups is 1. The number of rotatable bonds is 6. The molecule has 0 radical (unpaired) electrons. The Morgan fingerprint density at radius 1 is 0.467 bits per heavy atom. The summed E-state index contributed by atoms with van der Waals surface area (Å²) in [6.45, 7) is 4.14. The van der Waals surface area contributed by atoms with E-state index in [1.54, 1.807) is 0 Å². The summed E-state index contributed by atoms with van der Waals surface area (Å²) in [7, 11) is 0. The topological polar surface area (TPSA) is 17.1 Å². The highest BCUT2D eigenvalue weighted by molar-refractivity contribution is 5.97. The fourth-order valence-corrected chi connectivity index (χ4v) is 4.02. The van der Waals surface area contributed by atoms with Crippen LogP contribution in [-0.4, -0.2) is 5.78 Å². The zero-order chi connectivity index (χ0) is 20.9. The van der Waals surface area contributed by atoms with E-state index in [2.05, 4.69) is 86.6 Å². The first-order chi connectivity index (χ1) is 14.6. The Hall–Kier alpha value is -3.45. The van der Waals surface area contributed by atoms with Gasteiger partial charge in [0.15, 0.2) is 5.78 Å². The second kappa shape index (κ2) is 8.92. The van der Waals surface area contributed by atoms with Crippen LogP contribution in [0.2, 0.25) is 0 Å². The Balaban J connectivity index is 1.86. The number of Topliss-reactive ketones (excluding diaryl/α,β-unsaturated/α-hetero) is 1. The molecule has 2 unspecified atom stereocenters. The minimum Gasteiger partial charge on any atom is -0.298 e. The molecule has 0 aromatic heterocycles. The summed E-state index contributed by atoms with van der Waals surface area (Å²) in [4.78, 5) is 14.2. The number of ketones is 1. The maximum atomic E-state index is 14.2. The summed E-state index contributed by atoms with van der Waals surface area (Å²) in [6, 6.07) is 36.9. The summed E-state index contributed by atoms with van der Waals surface area (Å²) in [5, 5.41) is 0. The van der Waals surface area contributed by atoms with Gasteiger partial charge in [0.05, 0.1) is 11.8 Å². The average molecular weight is 391 g/mol. The fourth-order valence-electron chi connectivity index (χ4n) is 4.02. The van der Waals surface area contributed by atoms with Crippen LogP contribution in [0.25, 0.3) is 0 Å². The lowest BCUT2D eigenvalue weighted by molar-refractivity contribution is -0.120. The largest absolute Gasteiger partial charge is 0.298 e. The quantitative estimate of drug-likeness (QED) is 0.352. The van der Waals surface area contributed by atoms with Gasteiger partial charge in [0.1, 0.15) is 0 Å². The average Bonchev–Trinajstić information content (AvgIpc) is 2.78. The predicted octanol–water partition coefficient (Wildman–Crippen LogP) is 6.84. The van der Waals surface area contributed by atoms with Gasteiger partial charge in [-0.25, -0.2) is 0 Å². The number of hydrogen-bond donors (Lipinski definition) is 0. The van der Waals surface area contributed by atoms with Crippen molar-refractivity contribution < 1.29 is 4.79 Å². The minimum absolute atomic E-state index is 0.195. The second-order valence-corrected chi connectivity index (χ2v) is 7.91. The van der Waals surface area contributed by atoms with Gasteiger partial charge in [-0.15, -0.1) is 0 Å². The van der Waals surface area contributed by atoms with Crippen LogP contribution in [0.15, 0.2) is 109 Å². The number of aryl methyl sites for hydroxylation is 2. The standard InChI is InChI=1S/C29H26O/c1-21-13-17-25(18-14-21)27(23-9-5-3-6-10-23)29(30)28(24-11-7-4-8-12-24)26-19-15-22(2)16-20-26/h3-20,27-28H,1-2H3. The first-order valence-electron chi connectivity index (χ1n) is 10.4. The molecule has 4 rings (SSSR count). The number of benzene rings is 4. The molecule has 148 valence electrons. The van der Waals surface area contributed by atoms with E-state index < -0.39 is 0 Å². The van der Waals surface area contributed by atoms with Crippen LogP contribution >= 0.6 is 0 Å². The zero-order valence-electron chi connectivity index (χ0n) is 17.5. The molecule has 4 aromatic rings. The molecule has 1 heteroatoms. The highest BCUT2D eigenvalue weighted by Crippen LogP contribution is 2.36. The van der Waals surface area contributed by atoms with E-state index >= 15 is 0 Å². The zero-order valence-corrected chi connectivity index (χ0v) is 17.5. The van der Waals surface area contributed by atoms with E-state index in [1.807, 2.05) is 36.4 Å². The monoisotopic (exact) mass is 390 g/mol. The van der Waals surface area contributed by atoms with Gasteiger partial charge >= 0.3 is 0 Å². The summed E-state index contributed by atoms with van der Waals surface area (Å²) in [6.07, 6.45) is 0. The molecule has 1 nitrogen and oxygen atoms in total. The van der Waals surface area contributed by atoms with Crippen molar-refractivity contribution in [3.63, 3.8) is 0 Å². The van der Waals surface area contributed by atoms with Gasteiger partial charge in [-0.05, 0) is 36.1 Å². The molecule has 0 fully saturated rings. The normalized spacial score (nSPS) is 12.9. The molecule has 30 heavy (non-hydrogen) atoms. The molecular weight excluding hydrogens is 364 g/mol. The van der Waals surface area contributed by atoms with Crippen LogP contribution in [0.5, 0.6) is 0 Å². The molecule has 0 aliphatic carbocycles. The SMILES string of the molecule is Cc1ccc(C(C(=O)C(c2ccccc2)c2ccc(C)cc2)c2ccccc2)cc1. The van der Waals surface area contributed by atoms with E-state index in [-0.39, 0.29) is 17.6 Å². The molecule has 0 heterocycles. The van der Waals surface area contributed by atoms with Crippen LogP contribution in [0.1, 0.15) is 45.2 Å². The minimum atomic E-state index is -0.321. The van der Waals surface area contributed by atoms with Gasteiger partial charge in [0.25, 0.3) is 0 Å². The maximum Gasteiger partial charge on any atom is 0.156 e. The van der Waals surface area contributed by atoms with E-state index in [0.717, 1.165) is 22.3 Å². The van der Waals surface area contributed by atoms with Crippen molar-refractivity contribution in [1.82, 2.24) is 0 Å². The van der Waals surface area contributed by atoms with E-state index in [0.29, 0.717) is 0 Å². The molecule has 0 saturated heterocycles. The first-order valence-corrected chi connectivity index (χ1v) is 10.4. The van der Waals surface area contributed by atoms with E-state index in [1.165, 1.54) is 11.1 Å². The molecule has 0 amide bonds. The fraction of sp³-hybridized carbons (Fsp3) is 0.138. The summed E-state index contributed by atoms with van der Waals surface area (Å²) >= 11 is 0. The Morgan fingerprint density at radius 3 is 1.10 bits per heavy atom. The van der Waals surface area contributed by atoms with Gasteiger partial charge in [-0.3, -0.25) is 4.79 Å². The third kappa shape index (κ3) is 4.26. The van der Waals surface area contributed by atoms with Gasteiger partial charge in [0, 0.05) is 0 Å². The Labute approximate surface area is 179 Å². The van der Waals surface area contributed by atoms with Gasteiger partial charge in [-0.1, -0.05) is 120 Å². The molecular formula is C29H26O. The molecule has 0 aliphatic heterocycles. The van der Waals surface area contributed by atoms with Gasteiger partial charge in [-0.2, -0.15) is 0 Å². The van der Waals surface area contributed by atoms with E-state index in [4.69, 9.17) is 0 Å². The Kier molecular flexibility index (Phi) is 5.90. The van der Waals surface area contributed by atoms with Crippen LogP contribution in [0, 0.1) is 13.8 Å². The predicted molar refractivity (Wildman–Crippen MR) is 124 cm³/mol. The van der Waals surface area contributed by atoms with Gasteiger partial charge < -0.3 is 0 Å². The molecule has 0 saturated carbocycles. The lowest BCUT2D eigenvalue weighted by atomic mass is 9.77. The lowest BCUT2D eigenvalue weighted by Gasteiger charge is -2.24. The van der Waals surface area contributed by atoms with Crippen LogP contribution in [0.3, 0.4) is 0 Å². The number of carbonyl (C=O) groups excluding carboxylic acids is 1. The third-order valence-corrected chi connectivity index (χ3v) is 5.66. The molecule has 0 spiro atoms. The summed E-state index contributed by atoms with van der Waals surface area (Å²) in [5.74, 6) is -0.447. The first kappa shape index (κ1) is 19.8.